The molecule has 1 saturated heterocycles. The second kappa shape index (κ2) is 6.93. The molecule has 19 heavy (non-hydrogen) atoms. The normalized spacial score (nSPS) is 18.5. The summed E-state index contributed by atoms with van der Waals surface area (Å²) in [6.07, 6.45) is 0.423. The molecule has 0 aromatic rings. The number of amides is 3. The lowest BCUT2D eigenvalue weighted by molar-refractivity contribution is -0.140. The number of hydrogen-bond acceptors (Lipinski definition) is 4. The molecule has 1 aliphatic heterocycles. The lowest BCUT2D eigenvalue weighted by Gasteiger charge is -2.23. The highest BCUT2D eigenvalue weighted by atomic mass is 16.4. The van der Waals surface area contributed by atoms with E-state index in [1.54, 1.807) is 4.90 Å². The van der Waals surface area contributed by atoms with Crippen LogP contribution in [0, 0.1) is 0 Å². The monoisotopic (exact) mass is 272 g/mol. The minimum atomic E-state index is -1.27. The standard InChI is InChI=1S/C11H20N4O4/c1-14-3-2-4-15(6-5-14)11(19)13-8(10(17)18)7-9(12)16/h8H,2-7H2,1H3,(H2,12,16)(H,13,19)(H,17,18)/t8-/m0/s1. The van der Waals surface area contributed by atoms with E-state index < -0.39 is 30.4 Å². The van der Waals surface area contributed by atoms with Crippen molar-refractivity contribution in [3.8, 4) is 0 Å². The molecule has 0 aliphatic carbocycles. The molecule has 8 heteroatoms. The van der Waals surface area contributed by atoms with Crippen molar-refractivity contribution in [1.82, 2.24) is 15.1 Å². The molecule has 0 saturated carbocycles. The zero-order chi connectivity index (χ0) is 14.4. The number of hydrogen-bond donors (Lipinski definition) is 3. The van der Waals surface area contributed by atoms with Crippen LogP contribution in [0.5, 0.6) is 0 Å². The molecule has 108 valence electrons. The summed E-state index contributed by atoms with van der Waals surface area (Å²) in [6.45, 7) is 2.73. The van der Waals surface area contributed by atoms with E-state index >= 15 is 0 Å². The summed E-state index contributed by atoms with van der Waals surface area (Å²) < 4.78 is 0. The minimum absolute atomic E-state index is 0.408. The third kappa shape index (κ3) is 5.12. The van der Waals surface area contributed by atoms with Crippen LogP contribution in [0.3, 0.4) is 0 Å². The molecule has 0 spiro atoms. The molecule has 8 nitrogen and oxygen atoms in total. The number of primary amides is 1. The van der Waals surface area contributed by atoms with E-state index in [1.165, 1.54) is 0 Å². The molecule has 1 heterocycles. The quantitative estimate of drug-likeness (QED) is 0.586. The van der Waals surface area contributed by atoms with Crippen molar-refractivity contribution in [1.29, 1.82) is 0 Å². The number of likely N-dealkylation sites (N-methyl/N-ethyl adjacent to an activating group) is 1. The van der Waals surface area contributed by atoms with Gasteiger partial charge in [-0.05, 0) is 20.0 Å². The van der Waals surface area contributed by atoms with Gasteiger partial charge in [-0.15, -0.1) is 0 Å². The minimum Gasteiger partial charge on any atom is -0.480 e. The topological polar surface area (TPSA) is 116 Å². The molecule has 3 amide bonds. The first-order chi connectivity index (χ1) is 8.90. The molecule has 0 aromatic heterocycles. The Morgan fingerprint density at radius 1 is 1.26 bits per heavy atom. The van der Waals surface area contributed by atoms with Crippen LogP contribution in [0.25, 0.3) is 0 Å². The predicted octanol–water partition coefficient (Wildman–Crippen LogP) is -1.34. The number of rotatable bonds is 4. The number of carbonyl (C=O) groups is 3. The van der Waals surface area contributed by atoms with Crippen molar-refractivity contribution in [2.45, 2.75) is 18.9 Å². The molecule has 0 aromatic carbocycles. The molecule has 0 unspecified atom stereocenters. The smallest absolute Gasteiger partial charge is 0.326 e. The Kier molecular flexibility index (Phi) is 5.56. The lowest BCUT2D eigenvalue weighted by Crippen LogP contribution is -2.50. The Morgan fingerprint density at radius 3 is 2.53 bits per heavy atom. The van der Waals surface area contributed by atoms with E-state index in [-0.39, 0.29) is 0 Å². The molecule has 0 bridgehead atoms. The molecule has 4 N–H and O–H groups in total. The third-order valence-corrected chi connectivity index (χ3v) is 3.01. The van der Waals surface area contributed by atoms with E-state index in [2.05, 4.69) is 10.2 Å². The number of nitrogens with zero attached hydrogens (tertiary/aromatic N) is 2. The summed E-state index contributed by atoms with van der Waals surface area (Å²) in [6, 6.07) is -1.74. The van der Waals surface area contributed by atoms with Gasteiger partial charge in [0.1, 0.15) is 6.04 Å². The largest absolute Gasteiger partial charge is 0.480 e. The number of urea groups is 1. The first-order valence-corrected chi connectivity index (χ1v) is 6.15. The predicted molar refractivity (Wildman–Crippen MR) is 67.5 cm³/mol. The average molecular weight is 272 g/mol. The molecule has 0 radical (unpaired) electrons. The fraction of sp³-hybridized carbons (Fsp3) is 0.727. The van der Waals surface area contributed by atoms with Crippen LogP contribution in [0.1, 0.15) is 12.8 Å². The maximum Gasteiger partial charge on any atom is 0.326 e. The zero-order valence-electron chi connectivity index (χ0n) is 11.0. The van der Waals surface area contributed by atoms with Crippen LogP contribution in [0.15, 0.2) is 0 Å². The number of aliphatic carboxylic acids is 1. The first kappa shape index (κ1) is 15.2. The van der Waals surface area contributed by atoms with Crippen LogP contribution >= 0.6 is 0 Å². The van der Waals surface area contributed by atoms with Crippen LogP contribution in [-0.4, -0.2) is 72.1 Å². The van der Waals surface area contributed by atoms with Gasteiger partial charge in [-0.25, -0.2) is 9.59 Å². The van der Waals surface area contributed by atoms with Crippen molar-refractivity contribution in [2.75, 3.05) is 33.2 Å². The Morgan fingerprint density at radius 2 is 1.95 bits per heavy atom. The van der Waals surface area contributed by atoms with Gasteiger partial charge < -0.3 is 26.0 Å². The highest BCUT2D eigenvalue weighted by molar-refractivity contribution is 5.87. The van der Waals surface area contributed by atoms with Gasteiger partial charge in [-0.3, -0.25) is 4.79 Å². The molecular formula is C11H20N4O4. The van der Waals surface area contributed by atoms with E-state index in [4.69, 9.17) is 10.8 Å². The van der Waals surface area contributed by atoms with Gasteiger partial charge in [0.05, 0.1) is 6.42 Å². The van der Waals surface area contributed by atoms with Gasteiger partial charge >= 0.3 is 12.0 Å². The van der Waals surface area contributed by atoms with Gasteiger partial charge in [0.15, 0.2) is 0 Å². The van der Waals surface area contributed by atoms with E-state index in [0.717, 1.165) is 19.5 Å². The second-order valence-electron chi connectivity index (χ2n) is 4.65. The number of carbonyl (C=O) groups excluding carboxylic acids is 2. The molecule has 1 fully saturated rings. The van der Waals surface area contributed by atoms with E-state index in [9.17, 15) is 14.4 Å². The van der Waals surface area contributed by atoms with E-state index in [0.29, 0.717) is 13.1 Å². The number of nitrogens with one attached hydrogen (secondary N) is 1. The fourth-order valence-electron chi connectivity index (χ4n) is 1.89. The SMILES string of the molecule is CN1CCCN(C(=O)N[C@@H](CC(N)=O)C(=O)O)CC1. The number of carboxylic acids is 1. The van der Waals surface area contributed by atoms with Crippen LogP contribution in [0.4, 0.5) is 4.79 Å². The van der Waals surface area contributed by atoms with Gasteiger partial charge in [-0.2, -0.15) is 0 Å². The van der Waals surface area contributed by atoms with Crippen molar-refractivity contribution in [2.24, 2.45) is 5.73 Å². The van der Waals surface area contributed by atoms with Crippen LogP contribution < -0.4 is 11.1 Å². The molecule has 1 rings (SSSR count). The lowest BCUT2D eigenvalue weighted by atomic mass is 10.2. The Balaban J connectivity index is 2.55. The Hall–Kier alpha value is -1.83. The maximum atomic E-state index is 11.9. The first-order valence-electron chi connectivity index (χ1n) is 6.15. The fourth-order valence-corrected chi connectivity index (χ4v) is 1.89. The summed E-state index contributed by atoms with van der Waals surface area (Å²) in [4.78, 5) is 37.3. The van der Waals surface area contributed by atoms with Crippen molar-refractivity contribution in [3.05, 3.63) is 0 Å². The van der Waals surface area contributed by atoms with Crippen LogP contribution in [0.2, 0.25) is 0 Å². The summed E-state index contributed by atoms with van der Waals surface area (Å²) >= 11 is 0. The van der Waals surface area contributed by atoms with Crippen molar-refractivity contribution < 1.29 is 19.5 Å². The molecule has 1 atom stereocenters. The highest BCUT2D eigenvalue weighted by Gasteiger charge is 2.25. The number of carboxylic acid groups (broad SMARTS) is 1. The second-order valence-corrected chi connectivity index (χ2v) is 4.65. The zero-order valence-corrected chi connectivity index (χ0v) is 11.0. The van der Waals surface area contributed by atoms with Gasteiger partial charge in [0, 0.05) is 19.6 Å². The number of nitrogens with two attached hydrogens (primary N) is 1. The van der Waals surface area contributed by atoms with Gasteiger partial charge in [0.2, 0.25) is 5.91 Å². The molecule has 1 aliphatic rings. The molecular weight excluding hydrogens is 252 g/mol. The average Bonchev–Trinajstić information content (AvgIpc) is 2.52. The van der Waals surface area contributed by atoms with E-state index in [1.807, 2.05) is 7.05 Å². The summed E-state index contributed by atoms with van der Waals surface area (Å²) in [7, 11) is 1.97. The Labute approximate surface area is 111 Å². The summed E-state index contributed by atoms with van der Waals surface area (Å²) in [5.41, 5.74) is 4.95. The third-order valence-electron chi connectivity index (χ3n) is 3.01. The highest BCUT2D eigenvalue weighted by Crippen LogP contribution is 2.02. The Bertz CT molecular complexity index is 361. The summed E-state index contributed by atoms with van der Waals surface area (Å²) in [5.74, 6) is -2.03. The van der Waals surface area contributed by atoms with Crippen molar-refractivity contribution >= 4 is 17.9 Å². The van der Waals surface area contributed by atoms with Gasteiger partial charge in [0.25, 0.3) is 0 Å². The van der Waals surface area contributed by atoms with Crippen molar-refractivity contribution in [3.63, 3.8) is 0 Å². The van der Waals surface area contributed by atoms with Gasteiger partial charge in [-0.1, -0.05) is 0 Å². The summed E-state index contributed by atoms with van der Waals surface area (Å²) in [5, 5.41) is 11.2. The van der Waals surface area contributed by atoms with Crippen LogP contribution in [-0.2, 0) is 9.59 Å². The maximum absolute atomic E-state index is 11.9.